The molecule has 0 radical (unpaired) electrons. The molecule has 1 aromatic heterocycles. The van der Waals surface area contributed by atoms with Crippen molar-refractivity contribution in [3.63, 3.8) is 0 Å². The van der Waals surface area contributed by atoms with Gasteiger partial charge in [-0.2, -0.15) is 0 Å². The Hall–Kier alpha value is -2.34. The first-order valence-corrected chi connectivity index (χ1v) is 9.62. The summed E-state index contributed by atoms with van der Waals surface area (Å²) in [5.41, 5.74) is 1.10. The average Bonchev–Trinajstić information content (AvgIpc) is 3.30. The van der Waals surface area contributed by atoms with E-state index in [2.05, 4.69) is 5.16 Å². The molecule has 2 heterocycles. The van der Waals surface area contributed by atoms with Crippen LogP contribution in [0.1, 0.15) is 41.1 Å². The van der Waals surface area contributed by atoms with E-state index >= 15 is 0 Å². The third-order valence-corrected chi connectivity index (χ3v) is 5.94. The summed E-state index contributed by atoms with van der Waals surface area (Å²) >= 11 is 0. The molecular formula is C21H26N2O4. The minimum absolute atomic E-state index is 0.0669. The van der Waals surface area contributed by atoms with Crippen molar-refractivity contribution in [1.82, 2.24) is 10.1 Å². The number of para-hydroxylation sites is 1. The SMILES string of the molecule is CO[C@@H]1CCC[C@@H]2CN(C(=O)c3noc(C)c3COc3ccccc3)C[C@@H]21. The van der Waals surface area contributed by atoms with Crippen LogP contribution in [-0.2, 0) is 11.3 Å². The standard InChI is InChI=1S/C21H26N2O4/c1-14-18(13-26-16-8-4-3-5-9-16)20(22-27-14)21(24)23-11-15-7-6-10-19(25-2)17(15)12-23/h3-5,8-9,15,17,19H,6-7,10-13H2,1-2H3/t15-,17+,19-/m1/s1. The molecule has 1 aliphatic carbocycles. The van der Waals surface area contributed by atoms with E-state index in [4.69, 9.17) is 14.0 Å². The van der Waals surface area contributed by atoms with Crippen molar-refractivity contribution in [2.24, 2.45) is 11.8 Å². The summed E-state index contributed by atoms with van der Waals surface area (Å²) in [6.45, 7) is 3.58. The molecule has 0 N–H and O–H groups in total. The van der Waals surface area contributed by atoms with Crippen LogP contribution in [0.2, 0.25) is 0 Å². The van der Waals surface area contributed by atoms with E-state index in [1.807, 2.05) is 42.2 Å². The fourth-order valence-electron chi connectivity index (χ4n) is 4.43. The molecule has 2 aromatic rings. The average molecular weight is 370 g/mol. The molecule has 2 aliphatic rings. The highest BCUT2D eigenvalue weighted by molar-refractivity contribution is 5.94. The van der Waals surface area contributed by atoms with Gasteiger partial charge in [-0.25, -0.2) is 0 Å². The van der Waals surface area contributed by atoms with Crippen molar-refractivity contribution in [3.05, 3.63) is 47.3 Å². The molecule has 1 aliphatic heterocycles. The van der Waals surface area contributed by atoms with Crippen LogP contribution in [0, 0.1) is 18.8 Å². The first kappa shape index (κ1) is 18.0. The number of aryl methyl sites for hydroxylation is 1. The van der Waals surface area contributed by atoms with Crippen molar-refractivity contribution in [2.45, 2.75) is 38.9 Å². The lowest BCUT2D eigenvalue weighted by Gasteiger charge is -2.31. The lowest BCUT2D eigenvalue weighted by Crippen LogP contribution is -2.34. The maximum absolute atomic E-state index is 13.1. The molecule has 1 amide bonds. The van der Waals surface area contributed by atoms with Gasteiger partial charge in [0.05, 0.1) is 11.7 Å². The third kappa shape index (κ3) is 3.58. The highest BCUT2D eigenvalue weighted by atomic mass is 16.5. The van der Waals surface area contributed by atoms with Gasteiger partial charge in [0.2, 0.25) is 0 Å². The number of fused-ring (bicyclic) bond motifs is 1. The van der Waals surface area contributed by atoms with Crippen molar-refractivity contribution in [2.75, 3.05) is 20.2 Å². The molecule has 2 fully saturated rings. The normalized spacial score (nSPS) is 24.7. The van der Waals surface area contributed by atoms with Gasteiger partial charge >= 0.3 is 0 Å². The molecule has 0 unspecified atom stereocenters. The fourth-order valence-corrected chi connectivity index (χ4v) is 4.43. The van der Waals surface area contributed by atoms with E-state index < -0.39 is 0 Å². The zero-order valence-electron chi connectivity index (χ0n) is 15.9. The number of hydrogen-bond acceptors (Lipinski definition) is 5. The summed E-state index contributed by atoms with van der Waals surface area (Å²) in [4.78, 5) is 15.1. The van der Waals surface area contributed by atoms with Crippen LogP contribution in [0.4, 0.5) is 0 Å². The lowest BCUT2D eigenvalue weighted by atomic mass is 9.79. The maximum Gasteiger partial charge on any atom is 0.276 e. The Morgan fingerprint density at radius 1 is 1.26 bits per heavy atom. The molecule has 144 valence electrons. The monoisotopic (exact) mass is 370 g/mol. The maximum atomic E-state index is 13.1. The van der Waals surface area contributed by atoms with Gasteiger partial charge in [-0.3, -0.25) is 4.79 Å². The van der Waals surface area contributed by atoms with E-state index in [0.717, 1.165) is 37.2 Å². The number of benzene rings is 1. The number of methoxy groups -OCH3 is 1. The van der Waals surface area contributed by atoms with Gasteiger partial charge in [0.25, 0.3) is 5.91 Å². The number of nitrogens with zero attached hydrogens (tertiary/aromatic N) is 2. The molecule has 0 bridgehead atoms. The smallest absolute Gasteiger partial charge is 0.276 e. The summed E-state index contributed by atoms with van der Waals surface area (Å²) in [6, 6.07) is 9.55. The minimum Gasteiger partial charge on any atom is -0.489 e. The summed E-state index contributed by atoms with van der Waals surface area (Å²) in [6.07, 6.45) is 3.66. The van der Waals surface area contributed by atoms with E-state index in [1.54, 1.807) is 7.11 Å². The van der Waals surface area contributed by atoms with Crippen molar-refractivity contribution >= 4 is 5.91 Å². The van der Waals surface area contributed by atoms with Gasteiger partial charge < -0.3 is 18.9 Å². The predicted octanol–water partition coefficient (Wildman–Crippen LogP) is 3.45. The van der Waals surface area contributed by atoms with E-state index in [1.165, 1.54) is 6.42 Å². The van der Waals surface area contributed by atoms with Gasteiger partial charge in [-0.05, 0) is 37.8 Å². The largest absolute Gasteiger partial charge is 0.489 e. The molecule has 4 rings (SSSR count). The molecule has 3 atom stereocenters. The summed E-state index contributed by atoms with van der Waals surface area (Å²) < 4.78 is 16.8. The second-order valence-electron chi connectivity index (χ2n) is 7.51. The number of amides is 1. The predicted molar refractivity (Wildman–Crippen MR) is 99.5 cm³/mol. The van der Waals surface area contributed by atoms with Gasteiger partial charge in [0.15, 0.2) is 5.69 Å². The molecule has 0 spiro atoms. The van der Waals surface area contributed by atoms with Crippen LogP contribution in [0.15, 0.2) is 34.9 Å². The number of ether oxygens (including phenoxy) is 2. The van der Waals surface area contributed by atoms with Crippen LogP contribution < -0.4 is 4.74 Å². The molecule has 27 heavy (non-hydrogen) atoms. The third-order valence-electron chi connectivity index (χ3n) is 5.94. The van der Waals surface area contributed by atoms with Crippen LogP contribution >= 0.6 is 0 Å². The van der Waals surface area contributed by atoms with Gasteiger partial charge in [-0.1, -0.05) is 29.8 Å². The van der Waals surface area contributed by atoms with E-state index in [0.29, 0.717) is 23.3 Å². The van der Waals surface area contributed by atoms with Crippen LogP contribution in [0.5, 0.6) is 5.75 Å². The quantitative estimate of drug-likeness (QED) is 0.807. The van der Waals surface area contributed by atoms with Crippen molar-refractivity contribution < 1.29 is 18.8 Å². The molecular weight excluding hydrogens is 344 g/mol. The Labute approximate surface area is 159 Å². The van der Waals surface area contributed by atoms with Crippen LogP contribution in [0.3, 0.4) is 0 Å². The number of aromatic nitrogens is 1. The Balaban J connectivity index is 1.48. The Kier molecular flexibility index (Phi) is 5.16. The summed E-state index contributed by atoms with van der Waals surface area (Å²) in [5, 5.41) is 4.05. The number of carbonyl (C=O) groups excluding carboxylic acids is 1. The highest BCUT2D eigenvalue weighted by Gasteiger charge is 2.43. The van der Waals surface area contributed by atoms with Crippen molar-refractivity contribution in [1.29, 1.82) is 0 Å². The zero-order valence-corrected chi connectivity index (χ0v) is 15.9. The molecule has 6 nitrogen and oxygen atoms in total. The fraction of sp³-hybridized carbons (Fsp3) is 0.524. The van der Waals surface area contributed by atoms with Crippen molar-refractivity contribution in [3.8, 4) is 5.75 Å². The first-order valence-electron chi connectivity index (χ1n) is 9.62. The summed E-state index contributed by atoms with van der Waals surface area (Å²) in [5.74, 6) is 2.25. The van der Waals surface area contributed by atoms with Gasteiger partial charge in [-0.15, -0.1) is 0 Å². The topological polar surface area (TPSA) is 64.8 Å². The van der Waals surface area contributed by atoms with Crippen LogP contribution in [-0.4, -0.2) is 42.3 Å². The molecule has 1 saturated heterocycles. The molecule has 1 saturated carbocycles. The van der Waals surface area contributed by atoms with Gasteiger partial charge in [0, 0.05) is 26.1 Å². The zero-order chi connectivity index (χ0) is 18.8. The van der Waals surface area contributed by atoms with Crippen LogP contribution in [0.25, 0.3) is 0 Å². The number of rotatable bonds is 5. The Morgan fingerprint density at radius 3 is 2.85 bits per heavy atom. The Morgan fingerprint density at radius 2 is 2.07 bits per heavy atom. The lowest BCUT2D eigenvalue weighted by molar-refractivity contribution is 0.0126. The highest BCUT2D eigenvalue weighted by Crippen LogP contribution is 2.38. The number of carbonyl (C=O) groups is 1. The van der Waals surface area contributed by atoms with E-state index in [9.17, 15) is 4.79 Å². The number of hydrogen-bond donors (Lipinski definition) is 0. The summed E-state index contributed by atoms with van der Waals surface area (Å²) in [7, 11) is 1.78. The van der Waals surface area contributed by atoms with E-state index in [-0.39, 0.29) is 18.6 Å². The van der Waals surface area contributed by atoms with Gasteiger partial charge in [0.1, 0.15) is 18.1 Å². The number of likely N-dealkylation sites (tertiary alicyclic amines) is 1. The minimum atomic E-state index is -0.0669. The molecule has 1 aromatic carbocycles. The second kappa shape index (κ2) is 7.72. The first-order chi connectivity index (χ1) is 13.2. The molecule has 6 heteroatoms. The Bertz CT molecular complexity index is 789. The second-order valence-corrected chi connectivity index (χ2v) is 7.51.